The van der Waals surface area contributed by atoms with E-state index in [4.69, 9.17) is 11.6 Å². The summed E-state index contributed by atoms with van der Waals surface area (Å²) in [5.74, 6) is 0.287. The van der Waals surface area contributed by atoms with Crippen LogP contribution in [0.4, 0.5) is 0 Å². The highest BCUT2D eigenvalue weighted by molar-refractivity contribution is 6.29. The highest BCUT2D eigenvalue weighted by Crippen LogP contribution is 2.24. The van der Waals surface area contributed by atoms with Crippen molar-refractivity contribution in [3.63, 3.8) is 0 Å². The van der Waals surface area contributed by atoms with E-state index in [9.17, 15) is 4.79 Å². The molecule has 108 valence electrons. The Kier molecular flexibility index (Phi) is 11.7. The maximum atomic E-state index is 11.3. The monoisotopic (exact) mass is 276 g/mol. The van der Waals surface area contributed by atoms with Crippen molar-refractivity contribution < 1.29 is 9.53 Å². The Morgan fingerprint density at radius 2 is 1.67 bits per heavy atom. The molecule has 2 nitrogen and oxygen atoms in total. The van der Waals surface area contributed by atoms with Gasteiger partial charge in [0.1, 0.15) is 5.38 Å². The van der Waals surface area contributed by atoms with Gasteiger partial charge in [-0.1, -0.05) is 65.2 Å². The Morgan fingerprint density at radius 1 is 1.06 bits per heavy atom. The second kappa shape index (κ2) is 11.8. The molecule has 0 N–H and O–H groups in total. The summed E-state index contributed by atoms with van der Waals surface area (Å²) in [6.45, 7) is 4.42. The minimum absolute atomic E-state index is 0.285. The van der Waals surface area contributed by atoms with Crippen molar-refractivity contribution in [2.24, 2.45) is 5.92 Å². The van der Waals surface area contributed by atoms with Crippen LogP contribution >= 0.6 is 11.6 Å². The van der Waals surface area contributed by atoms with Crippen LogP contribution in [0.5, 0.6) is 0 Å². The van der Waals surface area contributed by atoms with Crippen molar-refractivity contribution in [1.82, 2.24) is 0 Å². The molecule has 0 saturated heterocycles. The van der Waals surface area contributed by atoms with Gasteiger partial charge >= 0.3 is 5.97 Å². The number of carbonyl (C=O) groups is 1. The molecule has 0 saturated carbocycles. The zero-order valence-corrected chi connectivity index (χ0v) is 13.0. The average molecular weight is 277 g/mol. The zero-order valence-electron chi connectivity index (χ0n) is 12.2. The number of hydrogen-bond acceptors (Lipinski definition) is 2. The Labute approximate surface area is 117 Å². The Morgan fingerprint density at radius 3 is 2.22 bits per heavy atom. The Balaban J connectivity index is 4.00. The van der Waals surface area contributed by atoms with E-state index in [0.29, 0.717) is 5.92 Å². The lowest BCUT2D eigenvalue weighted by atomic mass is 9.91. The molecule has 0 aliphatic heterocycles. The van der Waals surface area contributed by atoms with Gasteiger partial charge in [0.15, 0.2) is 0 Å². The van der Waals surface area contributed by atoms with E-state index in [1.807, 2.05) is 0 Å². The summed E-state index contributed by atoms with van der Waals surface area (Å²) in [5.41, 5.74) is 0. The van der Waals surface area contributed by atoms with Gasteiger partial charge in [-0.15, -0.1) is 11.6 Å². The molecule has 0 amide bonds. The van der Waals surface area contributed by atoms with E-state index in [2.05, 4.69) is 18.6 Å². The fourth-order valence-corrected chi connectivity index (χ4v) is 2.59. The first-order valence-electron chi connectivity index (χ1n) is 7.37. The molecule has 0 aromatic rings. The van der Waals surface area contributed by atoms with E-state index < -0.39 is 5.38 Å². The number of unbranched alkanes of at least 4 members (excludes halogenated alkanes) is 4. The Bertz CT molecular complexity index is 207. The van der Waals surface area contributed by atoms with Gasteiger partial charge in [-0.3, -0.25) is 4.79 Å². The maximum Gasteiger partial charge on any atom is 0.323 e. The number of carbonyl (C=O) groups excluding carboxylic acids is 1. The third-order valence-electron chi connectivity index (χ3n) is 3.43. The summed E-state index contributed by atoms with van der Waals surface area (Å²) >= 11 is 6.07. The van der Waals surface area contributed by atoms with Gasteiger partial charge in [-0.25, -0.2) is 0 Å². The number of rotatable bonds is 11. The standard InChI is InChI=1S/C15H29ClO2/c1-4-6-8-9-11-13(10-7-5-2)12-14(16)15(17)18-3/h13-14H,4-12H2,1-3H3. The second-order valence-corrected chi connectivity index (χ2v) is 5.61. The molecule has 18 heavy (non-hydrogen) atoms. The van der Waals surface area contributed by atoms with E-state index in [1.165, 1.54) is 58.5 Å². The first-order valence-corrected chi connectivity index (χ1v) is 7.81. The van der Waals surface area contributed by atoms with Crippen molar-refractivity contribution in [1.29, 1.82) is 0 Å². The van der Waals surface area contributed by atoms with Gasteiger partial charge < -0.3 is 4.74 Å². The van der Waals surface area contributed by atoms with Gasteiger partial charge in [-0.05, 0) is 12.3 Å². The molecule has 0 aliphatic carbocycles. The molecular formula is C15H29ClO2. The molecule has 0 spiro atoms. The predicted molar refractivity (Wildman–Crippen MR) is 78.0 cm³/mol. The molecule has 2 unspecified atom stereocenters. The number of alkyl halides is 1. The van der Waals surface area contributed by atoms with Crippen LogP contribution in [0.3, 0.4) is 0 Å². The molecule has 2 atom stereocenters. The summed E-state index contributed by atoms with van der Waals surface area (Å²) in [7, 11) is 1.40. The molecule has 0 rings (SSSR count). The van der Waals surface area contributed by atoms with Gasteiger partial charge in [0.05, 0.1) is 7.11 Å². The van der Waals surface area contributed by atoms with Crippen LogP contribution in [0.15, 0.2) is 0 Å². The van der Waals surface area contributed by atoms with Gasteiger partial charge in [0, 0.05) is 0 Å². The van der Waals surface area contributed by atoms with Crippen molar-refractivity contribution in [3.8, 4) is 0 Å². The van der Waals surface area contributed by atoms with Crippen LogP contribution < -0.4 is 0 Å². The van der Waals surface area contributed by atoms with E-state index in [0.717, 1.165) is 6.42 Å². The Hall–Kier alpha value is -0.240. The van der Waals surface area contributed by atoms with Crippen molar-refractivity contribution in [2.75, 3.05) is 7.11 Å². The molecule has 3 heteroatoms. The van der Waals surface area contributed by atoms with Crippen LogP contribution in [0.1, 0.15) is 71.6 Å². The lowest BCUT2D eigenvalue weighted by Gasteiger charge is -2.18. The molecule has 0 bridgehead atoms. The van der Waals surface area contributed by atoms with E-state index in [1.54, 1.807) is 0 Å². The van der Waals surface area contributed by atoms with Gasteiger partial charge in [0.2, 0.25) is 0 Å². The van der Waals surface area contributed by atoms with Crippen LogP contribution in [0, 0.1) is 5.92 Å². The maximum absolute atomic E-state index is 11.3. The van der Waals surface area contributed by atoms with Gasteiger partial charge in [0.25, 0.3) is 0 Å². The van der Waals surface area contributed by atoms with Crippen molar-refractivity contribution in [2.45, 2.75) is 77.0 Å². The van der Waals surface area contributed by atoms with Crippen LogP contribution in [0.2, 0.25) is 0 Å². The smallest absolute Gasteiger partial charge is 0.323 e. The first kappa shape index (κ1) is 17.8. The number of hydrogen-bond donors (Lipinski definition) is 0. The normalized spacial score (nSPS) is 14.2. The van der Waals surface area contributed by atoms with E-state index >= 15 is 0 Å². The highest BCUT2D eigenvalue weighted by Gasteiger charge is 2.20. The summed E-state index contributed by atoms with van der Waals surface area (Å²) < 4.78 is 4.69. The van der Waals surface area contributed by atoms with Crippen LogP contribution in [-0.2, 0) is 9.53 Å². The summed E-state index contributed by atoms with van der Waals surface area (Å²) in [6.07, 6.45) is 10.7. The number of methoxy groups -OCH3 is 1. The van der Waals surface area contributed by atoms with Crippen molar-refractivity contribution >= 4 is 17.6 Å². The predicted octanol–water partition coefficient (Wildman–Crippen LogP) is 4.93. The summed E-state index contributed by atoms with van der Waals surface area (Å²) in [5, 5.41) is -0.469. The molecule has 0 aromatic heterocycles. The van der Waals surface area contributed by atoms with Gasteiger partial charge in [-0.2, -0.15) is 0 Å². The molecule has 0 radical (unpaired) electrons. The molecule has 0 aromatic carbocycles. The SMILES string of the molecule is CCCCCCC(CCCC)CC(Cl)C(=O)OC. The number of esters is 1. The molecular weight excluding hydrogens is 248 g/mol. The fraction of sp³-hybridized carbons (Fsp3) is 0.933. The second-order valence-electron chi connectivity index (χ2n) is 5.08. The lowest BCUT2D eigenvalue weighted by molar-refractivity contribution is -0.140. The third-order valence-corrected chi connectivity index (χ3v) is 3.79. The topological polar surface area (TPSA) is 26.3 Å². The molecule has 0 fully saturated rings. The molecule has 0 heterocycles. The minimum Gasteiger partial charge on any atom is -0.468 e. The van der Waals surface area contributed by atoms with E-state index in [-0.39, 0.29) is 5.97 Å². The minimum atomic E-state index is -0.469. The summed E-state index contributed by atoms with van der Waals surface area (Å²) in [6, 6.07) is 0. The average Bonchev–Trinajstić information content (AvgIpc) is 2.39. The third kappa shape index (κ3) is 8.79. The first-order chi connectivity index (χ1) is 8.65. The molecule has 0 aliphatic rings. The quantitative estimate of drug-likeness (QED) is 0.304. The number of ether oxygens (including phenoxy) is 1. The van der Waals surface area contributed by atoms with Crippen LogP contribution in [0.25, 0.3) is 0 Å². The largest absolute Gasteiger partial charge is 0.468 e. The fourth-order valence-electron chi connectivity index (χ4n) is 2.25. The summed E-state index contributed by atoms with van der Waals surface area (Å²) in [4.78, 5) is 11.3. The lowest BCUT2D eigenvalue weighted by Crippen LogP contribution is -2.20. The van der Waals surface area contributed by atoms with Crippen molar-refractivity contribution in [3.05, 3.63) is 0 Å². The van der Waals surface area contributed by atoms with Crippen LogP contribution in [-0.4, -0.2) is 18.5 Å². The number of halogens is 1. The zero-order chi connectivity index (χ0) is 13.8. The highest BCUT2D eigenvalue weighted by atomic mass is 35.5.